The third kappa shape index (κ3) is 5.51. The van der Waals surface area contributed by atoms with Gasteiger partial charge in [0.15, 0.2) is 6.29 Å². The SMILES string of the molecule is CO[C@H]1[C@H](O[C@H]2CC[C@]3(C)C4CC[C@@]5(C)C([C@@H]4C[C@@H](O)C3[C@H]2O)[C@H](O)C[C@@H]5[C@H](C)CC[C@H](O)C(C)C)OC[C@@H](O)[C@@H]1O. The van der Waals surface area contributed by atoms with E-state index >= 15 is 0 Å². The molecule has 0 radical (unpaired) electrons. The van der Waals surface area contributed by atoms with Gasteiger partial charge >= 0.3 is 0 Å². The average molecular weight is 599 g/mol. The number of aliphatic hydroxyl groups is 6. The van der Waals surface area contributed by atoms with Crippen molar-refractivity contribution in [2.75, 3.05) is 13.7 Å². The molecule has 0 amide bonds. The molecule has 0 spiro atoms. The van der Waals surface area contributed by atoms with Crippen LogP contribution in [0.1, 0.15) is 86.0 Å². The fraction of sp³-hybridized carbons (Fsp3) is 1.00. The van der Waals surface area contributed by atoms with Gasteiger partial charge in [-0.2, -0.15) is 0 Å². The highest BCUT2D eigenvalue weighted by Gasteiger charge is 2.66. The average Bonchev–Trinajstić information content (AvgIpc) is 3.21. The minimum Gasteiger partial charge on any atom is -0.393 e. The summed E-state index contributed by atoms with van der Waals surface area (Å²) in [5.74, 6) is 1.26. The second-order valence-corrected chi connectivity index (χ2v) is 15.6. The Morgan fingerprint density at radius 3 is 2.17 bits per heavy atom. The van der Waals surface area contributed by atoms with E-state index in [4.69, 9.17) is 14.2 Å². The molecule has 1 saturated heterocycles. The van der Waals surface area contributed by atoms with Crippen molar-refractivity contribution >= 4 is 0 Å². The summed E-state index contributed by atoms with van der Waals surface area (Å²) in [5, 5.41) is 65.7. The van der Waals surface area contributed by atoms with Crippen LogP contribution in [0.15, 0.2) is 0 Å². The Labute approximate surface area is 251 Å². The Hall–Kier alpha value is -0.360. The molecule has 1 heterocycles. The molecule has 4 aliphatic carbocycles. The van der Waals surface area contributed by atoms with Gasteiger partial charge in [0.2, 0.25) is 0 Å². The van der Waals surface area contributed by atoms with Gasteiger partial charge in [-0.3, -0.25) is 0 Å². The third-order valence-corrected chi connectivity index (χ3v) is 13.1. The molecule has 244 valence electrons. The first kappa shape index (κ1) is 33.0. The number of hydrogen-bond donors (Lipinski definition) is 6. The minimum absolute atomic E-state index is 0.0104. The van der Waals surface area contributed by atoms with Crippen molar-refractivity contribution in [1.82, 2.24) is 0 Å². The molecular weight excluding hydrogens is 540 g/mol. The molecule has 4 saturated carbocycles. The van der Waals surface area contributed by atoms with Crippen LogP contribution in [-0.4, -0.2) is 99.5 Å². The number of ether oxygens (including phenoxy) is 3. The van der Waals surface area contributed by atoms with E-state index in [1.807, 2.05) is 0 Å². The zero-order valence-corrected chi connectivity index (χ0v) is 26.5. The van der Waals surface area contributed by atoms with Gasteiger partial charge in [-0.1, -0.05) is 34.6 Å². The van der Waals surface area contributed by atoms with Gasteiger partial charge in [-0.05, 0) is 97.7 Å². The molecule has 0 aromatic heterocycles. The van der Waals surface area contributed by atoms with E-state index in [9.17, 15) is 30.6 Å². The summed E-state index contributed by atoms with van der Waals surface area (Å²) in [6.07, 6.45) is -0.450. The van der Waals surface area contributed by atoms with E-state index in [2.05, 4.69) is 34.6 Å². The van der Waals surface area contributed by atoms with Crippen molar-refractivity contribution < 1.29 is 44.8 Å². The summed E-state index contributed by atoms with van der Waals surface area (Å²) in [6.45, 7) is 10.9. The standard InChI is InChI=1S/C33H58O9/c1-16(2)21(34)8-7-17(3)20-14-23(36)26-18-13-22(35)27-29(39)25(42-31-30(40-6)28(38)24(37)15-41-31)10-12-32(27,4)19(18)9-11-33(20,26)5/h16-31,34-39H,7-15H2,1-6H3/t17-,18-,19?,20-,21+,22-,23-,24-,25+,26?,27?,28+,29+,30-,31+,32-,33-/m1/s1. The zero-order valence-electron chi connectivity index (χ0n) is 26.5. The van der Waals surface area contributed by atoms with Crippen LogP contribution in [0.4, 0.5) is 0 Å². The number of aliphatic hydroxyl groups excluding tert-OH is 6. The van der Waals surface area contributed by atoms with E-state index in [-0.39, 0.29) is 47.2 Å². The Kier molecular flexibility index (Phi) is 9.78. The molecule has 3 unspecified atom stereocenters. The van der Waals surface area contributed by atoms with Gasteiger partial charge in [-0.15, -0.1) is 0 Å². The lowest BCUT2D eigenvalue weighted by Crippen LogP contribution is -2.64. The van der Waals surface area contributed by atoms with Crippen molar-refractivity contribution in [1.29, 1.82) is 0 Å². The van der Waals surface area contributed by atoms with E-state index in [0.29, 0.717) is 30.6 Å². The second kappa shape index (κ2) is 12.4. The Morgan fingerprint density at radius 2 is 1.50 bits per heavy atom. The summed E-state index contributed by atoms with van der Waals surface area (Å²) in [6, 6.07) is 0. The molecule has 17 atom stereocenters. The summed E-state index contributed by atoms with van der Waals surface area (Å²) in [4.78, 5) is 0. The van der Waals surface area contributed by atoms with Crippen molar-refractivity contribution in [2.24, 2.45) is 52.3 Å². The predicted molar refractivity (Wildman–Crippen MR) is 156 cm³/mol. The van der Waals surface area contributed by atoms with E-state index in [0.717, 1.165) is 38.5 Å². The van der Waals surface area contributed by atoms with Gasteiger partial charge in [0.05, 0.1) is 37.1 Å². The van der Waals surface area contributed by atoms with Gasteiger partial charge in [0, 0.05) is 13.0 Å². The smallest absolute Gasteiger partial charge is 0.186 e. The van der Waals surface area contributed by atoms with Gasteiger partial charge in [0.1, 0.15) is 18.3 Å². The van der Waals surface area contributed by atoms with Crippen LogP contribution in [-0.2, 0) is 14.2 Å². The van der Waals surface area contributed by atoms with Crippen LogP contribution < -0.4 is 0 Å². The predicted octanol–water partition coefficient (Wildman–Crippen LogP) is 2.47. The van der Waals surface area contributed by atoms with Crippen LogP contribution in [0.3, 0.4) is 0 Å². The highest BCUT2D eigenvalue weighted by molar-refractivity contribution is 5.15. The van der Waals surface area contributed by atoms with Crippen molar-refractivity contribution in [3.05, 3.63) is 0 Å². The molecule has 6 N–H and O–H groups in total. The third-order valence-electron chi connectivity index (χ3n) is 13.1. The van der Waals surface area contributed by atoms with Crippen LogP contribution >= 0.6 is 0 Å². The molecule has 5 aliphatic rings. The van der Waals surface area contributed by atoms with Gasteiger partial charge in [-0.25, -0.2) is 0 Å². The molecule has 5 rings (SSSR count). The highest BCUT2D eigenvalue weighted by Crippen LogP contribution is 2.68. The van der Waals surface area contributed by atoms with Crippen molar-refractivity contribution in [3.8, 4) is 0 Å². The van der Waals surface area contributed by atoms with Crippen LogP contribution in [0.25, 0.3) is 0 Å². The highest BCUT2D eigenvalue weighted by atomic mass is 16.7. The molecular formula is C33H58O9. The fourth-order valence-corrected chi connectivity index (χ4v) is 10.8. The van der Waals surface area contributed by atoms with Crippen molar-refractivity contribution in [2.45, 2.75) is 141 Å². The largest absolute Gasteiger partial charge is 0.393 e. The molecule has 5 fully saturated rings. The first-order valence-electron chi connectivity index (χ1n) is 16.6. The first-order chi connectivity index (χ1) is 19.7. The number of rotatable bonds is 8. The summed E-state index contributed by atoms with van der Waals surface area (Å²) < 4.78 is 17.2. The maximum absolute atomic E-state index is 11.7. The van der Waals surface area contributed by atoms with Crippen LogP contribution in [0.2, 0.25) is 0 Å². The molecule has 0 aromatic carbocycles. The molecule has 9 heteroatoms. The monoisotopic (exact) mass is 598 g/mol. The van der Waals surface area contributed by atoms with Crippen molar-refractivity contribution in [3.63, 3.8) is 0 Å². The number of methoxy groups -OCH3 is 1. The summed E-state index contributed by atoms with van der Waals surface area (Å²) >= 11 is 0. The number of hydrogen-bond acceptors (Lipinski definition) is 9. The topological polar surface area (TPSA) is 149 Å². The lowest BCUT2D eigenvalue weighted by Gasteiger charge is -2.63. The minimum atomic E-state index is -1.15. The lowest BCUT2D eigenvalue weighted by atomic mass is 9.43. The second-order valence-electron chi connectivity index (χ2n) is 15.6. The first-order valence-corrected chi connectivity index (χ1v) is 16.6. The summed E-state index contributed by atoms with van der Waals surface area (Å²) in [5.41, 5.74) is -0.305. The molecule has 0 bridgehead atoms. The number of fused-ring (bicyclic) bond motifs is 5. The Morgan fingerprint density at radius 1 is 0.833 bits per heavy atom. The zero-order chi connectivity index (χ0) is 30.7. The van der Waals surface area contributed by atoms with E-state index < -0.39 is 49.0 Å². The molecule has 1 aliphatic heterocycles. The maximum Gasteiger partial charge on any atom is 0.186 e. The maximum atomic E-state index is 11.7. The van der Waals surface area contributed by atoms with Gasteiger partial charge < -0.3 is 44.8 Å². The lowest BCUT2D eigenvalue weighted by molar-refractivity contribution is -0.310. The van der Waals surface area contributed by atoms with Gasteiger partial charge in [0.25, 0.3) is 0 Å². The normalized spacial score (nSPS) is 52.4. The van der Waals surface area contributed by atoms with E-state index in [1.54, 1.807) is 0 Å². The molecule has 0 aromatic rings. The van der Waals surface area contributed by atoms with E-state index in [1.165, 1.54) is 7.11 Å². The molecule has 9 nitrogen and oxygen atoms in total. The fourth-order valence-electron chi connectivity index (χ4n) is 10.8. The van der Waals surface area contributed by atoms with Crippen LogP contribution in [0.5, 0.6) is 0 Å². The Balaban J connectivity index is 1.30. The summed E-state index contributed by atoms with van der Waals surface area (Å²) in [7, 11) is 1.43. The van der Waals surface area contributed by atoms with Crippen LogP contribution in [0, 0.1) is 52.3 Å². The molecule has 42 heavy (non-hydrogen) atoms. The quantitative estimate of drug-likeness (QED) is 0.232. The Bertz CT molecular complexity index is 918.